The molecule has 0 aliphatic heterocycles. The molecule has 1 unspecified atom stereocenters. The third kappa shape index (κ3) is 4.55. The molecular weight excluding hydrogens is 289 g/mol. The first kappa shape index (κ1) is 16.0. The van der Waals surface area contributed by atoms with Crippen molar-refractivity contribution in [2.45, 2.75) is 32.2 Å². The summed E-state index contributed by atoms with van der Waals surface area (Å²) in [7, 11) is 1.89. The third-order valence-electron chi connectivity index (χ3n) is 3.44. The van der Waals surface area contributed by atoms with Gasteiger partial charge in [-0.05, 0) is 43.5 Å². The summed E-state index contributed by atoms with van der Waals surface area (Å²) in [6, 6.07) is 4.98. The summed E-state index contributed by atoms with van der Waals surface area (Å²) in [4.78, 5) is 0. The summed E-state index contributed by atoms with van der Waals surface area (Å²) in [5.41, 5.74) is 1.72. The average molecular weight is 310 g/mol. The topological polar surface area (TPSA) is 29.9 Å². The van der Waals surface area contributed by atoms with E-state index in [1.165, 1.54) is 6.07 Å². The molecule has 0 saturated carbocycles. The normalized spacial score (nSPS) is 12.6. The largest absolute Gasteiger partial charge is 0.313 e. The summed E-state index contributed by atoms with van der Waals surface area (Å²) >= 11 is 6.13. The minimum atomic E-state index is -0.239. The van der Waals surface area contributed by atoms with Gasteiger partial charge >= 0.3 is 0 Å². The summed E-state index contributed by atoms with van der Waals surface area (Å²) in [5.74, 6) is -0.239. The lowest BCUT2D eigenvalue weighted by atomic mass is 10.00. The van der Waals surface area contributed by atoms with Crippen molar-refractivity contribution >= 4 is 11.6 Å². The van der Waals surface area contributed by atoms with Crippen LogP contribution in [0.2, 0.25) is 5.02 Å². The number of halogens is 2. The minimum absolute atomic E-state index is 0.142. The molecule has 114 valence electrons. The van der Waals surface area contributed by atoms with Gasteiger partial charge in [-0.2, -0.15) is 5.10 Å². The Morgan fingerprint density at radius 2 is 2.19 bits per heavy atom. The quantitative estimate of drug-likeness (QED) is 0.850. The molecule has 1 heterocycles. The van der Waals surface area contributed by atoms with Crippen LogP contribution in [-0.2, 0) is 19.9 Å². The van der Waals surface area contributed by atoms with Gasteiger partial charge in [0.1, 0.15) is 5.82 Å². The Kier molecular flexibility index (Phi) is 5.76. The van der Waals surface area contributed by atoms with E-state index in [1.807, 2.05) is 19.4 Å². The molecule has 1 atom stereocenters. The van der Waals surface area contributed by atoms with Crippen LogP contribution in [0, 0.1) is 5.82 Å². The molecule has 3 nitrogen and oxygen atoms in total. The van der Waals surface area contributed by atoms with Gasteiger partial charge in [0.15, 0.2) is 0 Å². The number of rotatable bonds is 7. The van der Waals surface area contributed by atoms with Gasteiger partial charge in [0.05, 0.1) is 6.20 Å². The molecule has 0 amide bonds. The number of nitrogens with one attached hydrogen (secondary N) is 1. The van der Waals surface area contributed by atoms with Gasteiger partial charge < -0.3 is 5.32 Å². The fourth-order valence-electron chi connectivity index (χ4n) is 2.40. The van der Waals surface area contributed by atoms with Crippen LogP contribution in [0.4, 0.5) is 4.39 Å². The molecule has 5 heteroatoms. The van der Waals surface area contributed by atoms with Crippen molar-refractivity contribution in [3.63, 3.8) is 0 Å². The molecule has 1 aromatic heterocycles. The highest BCUT2D eigenvalue weighted by atomic mass is 35.5. The Labute approximate surface area is 130 Å². The second-order valence-electron chi connectivity index (χ2n) is 5.28. The monoisotopic (exact) mass is 309 g/mol. The van der Waals surface area contributed by atoms with Crippen molar-refractivity contribution < 1.29 is 4.39 Å². The van der Waals surface area contributed by atoms with Gasteiger partial charge in [-0.25, -0.2) is 4.39 Å². The van der Waals surface area contributed by atoms with Crippen LogP contribution in [0.3, 0.4) is 0 Å². The van der Waals surface area contributed by atoms with E-state index in [0.29, 0.717) is 17.0 Å². The van der Waals surface area contributed by atoms with E-state index in [9.17, 15) is 4.39 Å². The fraction of sp³-hybridized carbons (Fsp3) is 0.438. The molecule has 0 aliphatic carbocycles. The third-order valence-corrected chi connectivity index (χ3v) is 3.79. The van der Waals surface area contributed by atoms with E-state index in [-0.39, 0.29) is 11.9 Å². The van der Waals surface area contributed by atoms with Gasteiger partial charge in [-0.3, -0.25) is 4.68 Å². The molecule has 0 bridgehead atoms. The number of hydrogen-bond donors (Lipinski definition) is 1. The van der Waals surface area contributed by atoms with Crippen molar-refractivity contribution in [1.82, 2.24) is 15.1 Å². The SMILES string of the molecule is CCCNC(Cc1cnn(C)c1)Cc1c(F)cccc1Cl. The molecule has 21 heavy (non-hydrogen) atoms. The maximum atomic E-state index is 13.9. The Balaban J connectivity index is 2.12. The van der Waals surface area contributed by atoms with Crippen molar-refractivity contribution in [2.75, 3.05) is 6.54 Å². The van der Waals surface area contributed by atoms with Crippen LogP contribution in [0.1, 0.15) is 24.5 Å². The van der Waals surface area contributed by atoms with Crippen LogP contribution < -0.4 is 5.32 Å². The molecule has 2 aromatic rings. The zero-order valence-electron chi connectivity index (χ0n) is 12.4. The minimum Gasteiger partial charge on any atom is -0.313 e. The smallest absolute Gasteiger partial charge is 0.127 e. The number of aryl methyl sites for hydroxylation is 1. The first-order valence-corrected chi connectivity index (χ1v) is 7.61. The van der Waals surface area contributed by atoms with Gasteiger partial charge in [0, 0.05) is 29.9 Å². The van der Waals surface area contributed by atoms with Crippen LogP contribution >= 0.6 is 11.6 Å². The van der Waals surface area contributed by atoms with Crippen LogP contribution in [-0.4, -0.2) is 22.4 Å². The molecule has 1 N–H and O–H groups in total. The van der Waals surface area contributed by atoms with E-state index in [4.69, 9.17) is 11.6 Å². The lowest BCUT2D eigenvalue weighted by molar-refractivity contribution is 0.492. The van der Waals surface area contributed by atoms with Gasteiger partial charge in [-0.15, -0.1) is 0 Å². The second kappa shape index (κ2) is 7.57. The maximum Gasteiger partial charge on any atom is 0.127 e. The highest BCUT2D eigenvalue weighted by Crippen LogP contribution is 2.21. The molecule has 1 aromatic carbocycles. The Morgan fingerprint density at radius 1 is 1.38 bits per heavy atom. The number of hydrogen-bond acceptors (Lipinski definition) is 2. The molecule has 2 rings (SSSR count). The molecule has 0 fully saturated rings. The van der Waals surface area contributed by atoms with E-state index < -0.39 is 0 Å². The van der Waals surface area contributed by atoms with Crippen molar-refractivity contribution in [3.05, 3.63) is 52.6 Å². The zero-order chi connectivity index (χ0) is 15.2. The van der Waals surface area contributed by atoms with Gasteiger partial charge in [0.2, 0.25) is 0 Å². The van der Waals surface area contributed by atoms with Crippen LogP contribution in [0.5, 0.6) is 0 Å². The average Bonchev–Trinajstić information content (AvgIpc) is 2.85. The fourth-order valence-corrected chi connectivity index (χ4v) is 2.64. The zero-order valence-corrected chi connectivity index (χ0v) is 13.2. The predicted octanol–water partition coefficient (Wildman–Crippen LogP) is 3.37. The van der Waals surface area contributed by atoms with Crippen molar-refractivity contribution in [1.29, 1.82) is 0 Å². The Hall–Kier alpha value is -1.39. The molecule has 0 radical (unpaired) electrons. The first-order valence-electron chi connectivity index (χ1n) is 7.24. The van der Waals surface area contributed by atoms with Crippen molar-refractivity contribution in [2.24, 2.45) is 7.05 Å². The predicted molar refractivity (Wildman–Crippen MR) is 84.1 cm³/mol. The first-order chi connectivity index (χ1) is 10.1. The highest BCUT2D eigenvalue weighted by Gasteiger charge is 2.15. The number of benzene rings is 1. The summed E-state index contributed by atoms with van der Waals surface area (Å²) in [5, 5.41) is 8.14. The number of nitrogens with zero attached hydrogens (tertiary/aromatic N) is 2. The summed E-state index contributed by atoms with van der Waals surface area (Å²) in [6.45, 7) is 3.02. The molecule has 0 saturated heterocycles. The molecular formula is C16H21ClFN3. The lowest BCUT2D eigenvalue weighted by Gasteiger charge is -2.19. The second-order valence-corrected chi connectivity index (χ2v) is 5.69. The molecule has 0 aliphatic rings. The van der Waals surface area contributed by atoms with E-state index >= 15 is 0 Å². The maximum absolute atomic E-state index is 13.9. The van der Waals surface area contributed by atoms with Gasteiger partial charge in [-0.1, -0.05) is 24.6 Å². The van der Waals surface area contributed by atoms with E-state index in [0.717, 1.165) is 24.9 Å². The van der Waals surface area contributed by atoms with E-state index in [1.54, 1.807) is 16.8 Å². The summed E-state index contributed by atoms with van der Waals surface area (Å²) in [6.07, 6.45) is 6.25. The Bertz CT molecular complexity index is 562. The highest BCUT2D eigenvalue weighted by molar-refractivity contribution is 6.31. The van der Waals surface area contributed by atoms with Crippen LogP contribution in [0.15, 0.2) is 30.6 Å². The summed E-state index contributed by atoms with van der Waals surface area (Å²) < 4.78 is 15.7. The standard InChI is InChI=1S/C16H21ClFN3/c1-3-7-19-13(8-12-10-20-21(2)11-12)9-14-15(17)5-4-6-16(14)18/h4-6,10-11,13,19H,3,7-9H2,1-2H3. The molecule has 0 spiro atoms. The lowest BCUT2D eigenvalue weighted by Crippen LogP contribution is -2.34. The van der Waals surface area contributed by atoms with Crippen LogP contribution in [0.25, 0.3) is 0 Å². The van der Waals surface area contributed by atoms with E-state index in [2.05, 4.69) is 17.3 Å². The van der Waals surface area contributed by atoms with Crippen molar-refractivity contribution in [3.8, 4) is 0 Å². The number of aromatic nitrogens is 2. The van der Waals surface area contributed by atoms with Gasteiger partial charge in [0.25, 0.3) is 0 Å². The Morgan fingerprint density at radius 3 is 2.81 bits per heavy atom.